The summed E-state index contributed by atoms with van der Waals surface area (Å²) >= 11 is 0. The van der Waals surface area contributed by atoms with Gasteiger partial charge < -0.3 is 4.42 Å². The standard InChI is InChI=1S/C17H10F3NO/c1-10-6-7-14-13(8-10)15(17(18,19)20)16(22-14)12-5-3-2-4-11(12)9-21/h2-8H,1H3. The maximum atomic E-state index is 13.5. The number of alkyl halides is 3. The number of rotatable bonds is 1. The van der Waals surface area contributed by atoms with Crippen LogP contribution in [-0.4, -0.2) is 0 Å². The van der Waals surface area contributed by atoms with Crippen molar-refractivity contribution in [1.29, 1.82) is 5.26 Å². The molecule has 2 nitrogen and oxygen atoms in total. The van der Waals surface area contributed by atoms with Gasteiger partial charge in [0.15, 0.2) is 0 Å². The number of furan rings is 1. The molecule has 5 heteroatoms. The van der Waals surface area contributed by atoms with E-state index in [2.05, 4.69) is 0 Å². The molecule has 1 aromatic heterocycles. The van der Waals surface area contributed by atoms with Crippen LogP contribution in [0, 0.1) is 18.3 Å². The lowest BCUT2D eigenvalue weighted by Crippen LogP contribution is -2.06. The van der Waals surface area contributed by atoms with E-state index in [1.807, 2.05) is 6.07 Å². The van der Waals surface area contributed by atoms with Crippen molar-refractivity contribution in [3.05, 3.63) is 59.2 Å². The van der Waals surface area contributed by atoms with Gasteiger partial charge in [0.25, 0.3) is 0 Å². The summed E-state index contributed by atoms with van der Waals surface area (Å²) in [6.07, 6.45) is -4.57. The number of benzene rings is 2. The van der Waals surface area contributed by atoms with Crippen LogP contribution in [0.2, 0.25) is 0 Å². The van der Waals surface area contributed by atoms with Gasteiger partial charge in [-0.3, -0.25) is 0 Å². The van der Waals surface area contributed by atoms with Gasteiger partial charge in [0, 0.05) is 10.9 Å². The van der Waals surface area contributed by atoms with Crippen molar-refractivity contribution in [2.24, 2.45) is 0 Å². The van der Waals surface area contributed by atoms with Gasteiger partial charge in [-0.05, 0) is 31.2 Å². The topological polar surface area (TPSA) is 36.9 Å². The van der Waals surface area contributed by atoms with Gasteiger partial charge in [0.2, 0.25) is 0 Å². The van der Waals surface area contributed by atoms with Gasteiger partial charge in [0.05, 0.1) is 11.6 Å². The molecule has 0 spiro atoms. The number of nitrogens with zero attached hydrogens (tertiary/aromatic N) is 1. The molecule has 3 aromatic rings. The number of nitriles is 1. The predicted molar refractivity (Wildman–Crippen MR) is 76.1 cm³/mol. The molecule has 0 saturated carbocycles. The minimum absolute atomic E-state index is 0.00948. The Morgan fingerprint density at radius 1 is 1.09 bits per heavy atom. The third-order valence-electron chi connectivity index (χ3n) is 3.42. The fourth-order valence-electron chi connectivity index (χ4n) is 2.46. The highest BCUT2D eigenvalue weighted by molar-refractivity contribution is 5.90. The van der Waals surface area contributed by atoms with Gasteiger partial charge in [-0.2, -0.15) is 18.4 Å². The van der Waals surface area contributed by atoms with Crippen LogP contribution in [0.4, 0.5) is 13.2 Å². The largest absolute Gasteiger partial charge is 0.455 e. The van der Waals surface area contributed by atoms with E-state index in [1.54, 1.807) is 25.1 Å². The predicted octanol–water partition coefficient (Wildman–Crippen LogP) is 5.30. The van der Waals surface area contributed by atoms with Gasteiger partial charge in [-0.1, -0.05) is 23.8 Å². The van der Waals surface area contributed by atoms with Crippen LogP contribution in [-0.2, 0) is 6.18 Å². The SMILES string of the molecule is Cc1ccc2oc(-c3ccccc3C#N)c(C(F)(F)F)c2c1. The maximum Gasteiger partial charge on any atom is 0.420 e. The lowest BCUT2D eigenvalue weighted by molar-refractivity contribution is -0.136. The Labute approximate surface area is 124 Å². The highest BCUT2D eigenvalue weighted by Crippen LogP contribution is 2.44. The molecule has 0 aliphatic rings. The Morgan fingerprint density at radius 2 is 1.82 bits per heavy atom. The quantitative estimate of drug-likeness (QED) is 0.611. The first kappa shape index (κ1) is 14.2. The molecule has 0 atom stereocenters. The highest BCUT2D eigenvalue weighted by atomic mass is 19.4. The zero-order chi connectivity index (χ0) is 15.9. The molecule has 0 radical (unpaired) electrons. The molecule has 0 amide bonds. The molecule has 0 bridgehead atoms. The Balaban J connectivity index is 2.42. The van der Waals surface area contributed by atoms with Gasteiger partial charge in [0.1, 0.15) is 16.9 Å². The molecule has 0 saturated heterocycles. The van der Waals surface area contributed by atoms with E-state index in [4.69, 9.17) is 9.68 Å². The number of halogens is 3. The van der Waals surface area contributed by atoms with Crippen molar-refractivity contribution in [2.45, 2.75) is 13.1 Å². The molecule has 22 heavy (non-hydrogen) atoms. The first-order valence-corrected chi connectivity index (χ1v) is 6.51. The van der Waals surface area contributed by atoms with Crippen molar-refractivity contribution < 1.29 is 17.6 Å². The zero-order valence-electron chi connectivity index (χ0n) is 11.5. The normalized spacial score (nSPS) is 11.6. The summed E-state index contributed by atoms with van der Waals surface area (Å²) in [6, 6.07) is 12.6. The summed E-state index contributed by atoms with van der Waals surface area (Å²) in [4.78, 5) is 0. The van der Waals surface area contributed by atoms with E-state index >= 15 is 0 Å². The van der Waals surface area contributed by atoms with Crippen LogP contribution in [0.5, 0.6) is 0 Å². The van der Waals surface area contributed by atoms with Crippen LogP contribution >= 0.6 is 0 Å². The fraction of sp³-hybridized carbons (Fsp3) is 0.118. The fourth-order valence-corrected chi connectivity index (χ4v) is 2.46. The Bertz CT molecular complexity index is 900. The first-order chi connectivity index (χ1) is 10.4. The third kappa shape index (κ3) is 2.23. The summed E-state index contributed by atoms with van der Waals surface area (Å²) in [5.41, 5.74) is 0.309. The maximum absolute atomic E-state index is 13.5. The molecular formula is C17H10F3NO. The summed E-state index contributed by atoms with van der Waals surface area (Å²) in [6.45, 7) is 1.72. The number of fused-ring (bicyclic) bond motifs is 1. The monoisotopic (exact) mass is 301 g/mol. The van der Waals surface area contributed by atoms with Crippen molar-refractivity contribution in [1.82, 2.24) is 0 Å². The summed E-state index contributed by atoms with van der Waals surface area (Å²) in [5, 5.41) is 9.13. The van der Waals surface area contributed by atoms with Gasteiger partial charge in [-0.25, -0.2) is 0 Å². The van der Waals surface area contributed by atoms with E-state index in [1.165, 1.54) is 24.3 Å². The molecule has 0 aliphatic heterocycles. The number of hydrogen-bond donors (Lipinski definition) is 0. The van der Waals surface area contributed by atoms with E-state index in [9.17, 15) is 13.2 Å². The van der Waals surface area contributed by atoms with Crippen molar-refractivity contribution in [2.75, 3.05) is 0 Å². The smallest absolute Gasteiger partial charge is 0.420 e. The van der Waals surface area contributed by atoms with Crippen LogP contribution in [0.3, 0.4) is 0 Å². The minimum atomic E-state index is -4.57. The Morgan fingerprint density at radius 3 is 2.50 bits per heavy atom. The molecule has 110 valence electrons. The Hall–Kier alpha value is -2.74. The van der Waals surface area contributed by atoms with E-state index in [-0.39, 0.29) is 27.9 Å². The van der Waals surface area contributed by atoms with Gasteiger partial charge >= 0.3 is 6.18 Å². The van der Waals surface area contributed by atoms with Crippen LogP contribution in [0.1, 0.15) is 16.7 Å². The number of hydrogen-bond acceptors (Lipinski definition) is 2. The van der Waals surface area contributed by atoms with Crippen LogP contribution < -0.4 is 0 Å². The Kier molecular flexibility index (Phi) is 3.18. The molecule has 0 fully saturated rings. The third-order valence-corrected chi connectivity index (χ3v) is 3.42. The second kappa shape index (κ2) is 4.92. The van der Waals surface area contributed by atoms with Crippen molar-refractivity contribution in [3.63, 3.8) is 0 Å². The molecular weight excluding hydrogens is 291 g/mol. The minimum Gasteiger partial charge on any atom is -0.455 e. The number of aryl methyl sites for hydroxylation is 1. The van der Waals surface area contributed by atoms with Crippen molar-refractivity contribution >= 4 is 11.0 Å². The lowest BCUT2D eigenvalue weighted by Gasteiger charge is -2.08. The van der Waals surface area contributed by atoms with Gasteiger partial charge in [-0.15, -0.1) is 0 Å². The second-order valence-corrected chi connectivity index (χ2v) is 4.96. The van der Waals surface area contributed by atoms with Crippen LogP contribution in [0.25, 0.3) is 22.3 Å². The summed E-state index contributed by atoms with van der Waals surface area (Å²) in [7, 11) is 0. The lowest BCUT2D eigenvalue weighted by atomic mass is 10.0. The highest BCUT2D eigenvalue weighted by Gasteiger charge is 2.39. The molecule has 0 aliphatic carbocycles. The molecule has 2 aromatic carbocycles. The van der Waals surface area contributed by atoms with E-state index < -0.39 is 11.7 Å². The van der Waals surface area contributed by atoms with E-state index in [0.717, 1.165) is 0 Å². The summed E-state index contributed by atoms with van der Waals surface area (Å²) in [5.74, 6) is -0.315. The van der Waals surface area contributed by atoms with E-state index in [0.29, 0.717) is 5.56 Å². The van der Waals surface area contributed by atoms with Crippen LogP contribution in [0.15, 0.2) is 46.9 Å². The molecule has 0 N–H and O–H groups in total. The second-order valence-electron chi connectivity index (χ2n) is 4.96. The van der Waals surface area contributed by atoms with Crippen molar-refractivity contribution in [3.8, 4) is 17.4 Å². The average molecular weight is 301 g/mol. The molecule has 3 rings (SSSR count). The molecule has 0 unspecified atom stereocenters. The first-order valence-electron chi connectivity index (χ1n) is 6.51. The zero-order valence-corrected chi connectivity index (χ0v) is 11.5. The molecule has 1 heterocycles. The summed E-state index contributed by atoms with van der Waals surface area (Å²) < 4.78 is 46.0. The average Bonchev–Trinajstić information content (AvgIpc) is 2.85.